The van der Waals surface area contributed by atoms with Crippen LogP contribution in [0.3, 0.4) is 0 Å². The summed E-state index contributed by atoms with van der Waals surface area (Å²) in [6, 6.07) is 9.62. The van der Waals surface area contributed by atoms with Gasteiger partial charge in [-0.05, 0) is 24.3 Å². The molecule has 1 aromatic rings. The van der Waals surface area contributed by atoms with Gasteiger partial charge in [-0.15, -0.1) is 0 Å². The van der Waals surface area contributed by atoms with Crippen molar-refractivity contribution in [2.45, 2.75) is 39.2 Å². The molecule has 0 spiro atoms. The van der Waals surface area contributed by atoms with E-state index in [1.54, 1.807) is 6.92 Å². The van der Waals surface area contributed by atoms with Gasteiger partial charge in [-0.2, -0.15) is 0 Å². The normalized spacial score (nSPS) is 18.3. The van der Waals surface area contributed by atoms with E-state index in [9.17, 15) is 9.00 Å². The number of ether oxygens (including phenoxy) is 1. The van der Waals surface area contributed by atoms with Gasteiger partial charge in [-0.1, -0.05) is 50.1 Å². The Kier molecular flexibility index (Phi) is 6.43. The van der Waals surface area contributed by atoms with Crippen LogP contribution in [0.5, 0.6) is 0 Å². The lowest BCUT2D eigenvalue weighted by Gasteiger charge is -2.13. The summed E-state index contributed by atoms with van der Waals surface area (Å²) in [6.45, 7) is 2.10. The highest BCUT2D eigenvalue weighted by Gasteiger charge is 2.22. The fraction of sp³-hybridized carbons (Fsp3) is 0.588. The molecular formula is C17H24O3S. The van der Waals surface area contributed by atoms with Crippen molar-refractivity contribution in [2.75, 3.05) is 11.5 Å². The standard InChI is InChI=1S/C17H24O3S/c1-14(12-21(19)13-16-9-5-6-10-16)17(18)20-11-15-7-3-2-4-8-15/h2-4,7-8,14,16H,5-6,9-13H2,1H3. The van der Waals surface area contributed by atoms with E-state index in [1.807, 2.05) is 30.3 Å². The molecule has 0 N–H and O–H groups in total. The molecule has 4 heteroatoms. The Morgan fingerprint density at radius 2 is 1.95 bits per heavy atom. The first-order chi connectivity index (χ1) is 10.1. The van der Waals surface area contributed by atoms with E-state index in [4.69, 9.17) is 4.74 Å². The predicted molar refractivity (Wildman–Crippen MR) is 85.2 cm³/mol. The topological polar surface area (TPSA) is 43.4 Å². The van der Waals surface area contributed by atoms with Crippen molar-refractivity contribution in [3.8, 4) is 0 Å². The number of hydrogen-bond donors (Lipinski definition) is 0. The van der Waals surface area contributed by atoms with Crippen LogP contribution in [0.4, 0.5) is 0 Å². The maximum atomic E-state index is 12.1. The van der Waals surface area contributed by atoms with Crippen molar-refractivity contribution in [1.82, 2.24) is 0 Å². The molecule has 2 atom stereocenters. The summed E-state index contributed by atoms with van der Waals surface area (Å²) in [5.41, 5.74) is 0.977. The molecule has 1 aromatic carbocycles. The van der Waals surface area contributed by atoms with Crippen LogP contribution in [0.2, 0.25) is 0 Å². The molecule has 1 aliphatic carbocycles. The van der Waals surface area contributed by atoms with E-state index < -0.39 is 10.8 Å². The van der Waals surface area contributed by atoms with Crippen LogP contribution in [0, 0.1) is 11.8 Å². The van der Waals surface area contributed by atoms with Gasteiger partial charge in [-0.3, -0.25) is 9.00 Å². The van der Waals surface area contributed by atoms with Crippen molar-refractivity contribution < 1.29 is 13.7 Å². The summed E-state index contributed by atoms with van der Waals surface area (Å²) in [6.07, 6.45) is 4.91. The zero-order valence-electron chi connectivity index (χ0n) is 12.6. The SMILES string of the molecule is CC(CS(=O)CC1CCCC1)C(=O)OCc1ccccc1. The molecule has 116 valence electrons. The van der Waals surface area contributed by atoms with Gasteiger partial charge in [0, 0.05) is 22.3 Å². The molecular weight excluding hydrogens is 284 g/mol. The van der Waals surface area contributed by atoms with Gasteiger partial charge in [0.25, 0.3) is 0 Å². The van der Waals surface area contributed by atoms with E-state index in [-0.39, 0.29) is 11.9 Å². The molecule has 1 saturated carbocycles. The second-order valence-corrected chi connectivity index (χ2v) is 7.46. The van der Waals surface area contributed by atoms with E-state index in [0.29, 0.717) is 18.3 Å². The van der Waals surface area contributed by atoms with E-state index in [2.05, 4.69) is 0 Å². The van der Waals surface area contributed by atoms with Crippen LogP contribution in [-0.2, 0) is 26.9 Å². The minimum absolute atomic E-state index is 0.251. The molecule has 0 saturated heterocycles. The van der Waals surface area contributed by atoms with Gasteiger partial charge in [0.05, 0.1) is 5.92 Å². The zero-order chi connectivity index (χ0) is 15.1. The average molecular weight is 308 g/mol. The molecule has 0 radical (unpaired) electrons. The third-order valence-electron chi connectivity index (χ3n) is 3.96. The summed E-state index contributed by atoms with van der Waals surface area (Å²) in [5, 5.41) is 0. The van der Waals surface area contributed by atoms with Crippen LogP contribution < -0.4 is 0 Å². The summed E-state index contributed by atoms with van der Waals surface area (Å²) >= 11 is 0. The Morgan fingerprint density at radius 1 is 1.29 bits per heavy atom. The molecule has 3 nitrogen and oxygen atoms in total. The quantitative estimate of drug-likeness (QED) is 0.726. The lowest BCUT2D eigenvalue weighted by molar-refractivity contribution is -0.148. The Bertz CT molecular complexity index is 466. The van der Waals surface area contributed by atoms with Crippen molar-refractivity contribution in [3.63, 3.8) is 0 Å². The smallest absolute Gasteiger partial charge is 0.309 e. The van der Waals surface area contributed by atoms with Crippen LogP contribution in [-0.4, -0.2) is 21.7 Å². The Morgan fingerprint density at radius 3 is 2.62 bits per heavy atom. The molecule has 0 amide bonds. The number of carbonyl (C=O) groups excluding carboxylic acids is 1. The van der Waals surface area contributed by atoms with Gasteiger partial charge in [0.2, 0.25) is 0 Å². The van der Waals surface area contributed by atoms with E-state index in [1.165, 1.54) is 25.7 Å². The molecule has 0 aromatic heterocycles. The van der Waals surface area contributed by atoms with Gasteiger partial charge >= 0.3 is 5.97 Å². The van der Waals surface area contributed by atoms with E-state index in [0.717, 1.165) is 11.3 Å². The van der Waals surface area contributed by atoms with Crippen LogP contribution in [0.1, 0.15) is 38.2 Å². The minimum Gasteiger partial charge on any atom is -0.461 e. The minimum atomic E-state index is -0.909. The monoisotopic (exact) mass is 308 g/mol. The van der Waals surface area contributed by atoms with Crippen molar-refractivity contribution in [2.24, 2.45) is 11.8 Å². The second kappa shape index (κ2) is 8.32. The third kappa shape index (κ3) is 5.62. The molecule has 1 aliphatic rings. The van der Waals surface area contributed by atoms with Gasteiger partial charge in [0.1, 0.15) is 6.61 Å². The molecule has 1 fully saturated rings. The van der Waals surface area contributed by atoms with Crippen molar-refractivity contribution in [1.29, 1.82) is 0 Å². The summed E-state index contributed by atoms with van der Waals surface area (Å²) in [5.74, 6) is 1.22. The van der Waals surface area contributed by atoms with Crippen molar-refractivity contribution in [3.05, 3.63) is 35.9 Å². The van der Waals surface area contributed by atoms with Crippen LogP contribution in [0.25, 0.3) is 0 Å². The van der Waals surface area contributed by atoms with Crippen molar-refractivity contribution >= 4 is 16.8 Å². The first-order valence-electron chi connectivity index (χ1n) is 7.70. The molecule has 2 rings (SSSR count). The fourth-order valence-electron chi connectivity index (χ4n) is 2.73. The van der Waals surface area contributed by atoms with E-state index >= 15 is 0 Å². The highest BCUT2D eigenvalue weighted by Crippen LogP contribution is 2.25. The lowest BCUT2D eigenvalue weighted by Crippen LogP contribution is -2.23. The number of rotatable bonds is 7. The molecule has 0 bridgehead atoms. The Balaban J connectivity index is 1.70. The number of hydrogen-bond acceptors (Lipinski definition) is 3. The molecule has 0 heterocycles. The zero-order valence-corrected chi connectivity index (χ0v) is 13.4. The van der Waals surface area contributed by atoms with Gasteiger partial charge < -0.3 is 4.74 Å². The largest absolute Gasteiger partial charge is 0.461 e. The maximum Gasteiger partial charge on any atom is 0.309 e. The number of esters is 1. The summed E-state index contributed by atoms with van der Waals surface area (Å²) in [7, 11) is -0.909. The number of carbonyl (C=O) groups is 1. The highest BCUT2D eigenvalue weighted by atomic mass is 32.2. The highest BCUT2D eigenvalue weighted by molar-refractivity contribution is 7.85. The first kappa shape index (κ1) is 16.2. The summed E-state index contributed by atoms with van der Waals surface area (Å²) in [4.78, 5) is 11.9. The van der Waals surface area contributed by atoms with Crippen LogP contribution >= 0.6 is 0 Å². The predicted octanol–water partition coefficient (Wildman–Crippen LogP) is 3.30. The number of benzene rings is 1. The molecule has 2 unspecified atom stereocenters. The fourth-order valence-corrected chi connectivity index (χ4v) is 4.41. The Labute approximate surface area is 129 Å². The van der Waals surface area contributed by atoms with Crippen LogP contribution in [0.15, 0.2) is 30.3 Å². The first-order valence-corrected chi connectivity index (χ1v) is 9.19. The Hall–Kier alpha value is -1.16. The molecule has 0 aliphatic heterocycles. The lowest BCUT2D eigenvalue weighted by atomic mass is 10.1. The average Bonchev–Trinajstić information content (AvgIpc) is 2.98. The summed E-state index contributed by atoms with van der Waals surface area (Å²) < 4.78 is 17.4. The van der Waals surface area contributed by atoms with Gasteiger partial charge in [0.15, 0.2) is 0 Å². The maximum absolute atomic E-state index is 12.1. The van der Waals surface area contributed by atoms with Gasteiger partial charge in [-0.25, -0.2) is 0 Å². The second-order valence-electron chi connectivity index (χ2n) is 5.92. The third-order valence-corrected chi connectivity index (χ3v) is 5.67. The molecule has 21 heavy (non-hydrogen) atoms.